The largest absolute Gasteiger partial charge is 0.465 e. The molecule has 5 nitrogen and oxygen atoms in total. The van der Waals surface area contributed by atoms with Crippen LogP contribution in [0, 0.1) is 17.7 Å². The Morgan fingerprint density at radius 2 is 2.00 bits per heavy atom. The summed E-state index contributed by atoms with van der Waals surface area (Å²) in [6, 6.07) is 4.32. The minimum Gasteiger partial charge on any atom is -0.465 e. The van der Waals surface area contributed by atoms with Crippen molar-refractivity contribution in [2.24, 2.45) is 0 Å². The van der Waals surface area contributed by atoms with Gasteiger partial charge in [0, 0.05) is 13.0 Å². The molecule has 1 amide bonds. The first-order chi connectivity index (χ1) is 10.7. The molecule has 0 heterocycles. The monoisotopic (exact) mass is 321 g/mol. The van der Waals surface area contributed by atoms with E-state index in [-0.39, 0.29) is 17.7 Å². The van der Waals surface area contributed by atoms with Crippen LogP contribution in [0.3, 0.4) is 0 Å². The third kappa shape index (κ3) is 6.39. The van der Waals surface area contributed by atoms with E-state index in [1.54, 1.807) is 20.8 Å². The maximum Gasteiger partial charge on any atom is 0.407 e. The van der Waals surface area contributed by atoms with Crippen LogP contribution in [0.1, 0.15) is 43.1 Å². The number of hydrogen-bond acceptors (Lipinski definition) is 4. The van der Waals surface area contributed by atoms with E-state index in [1.807, 2.05) is 0 Å². The Morgan fingerprint density at radius 3 is 2.61 bits per heavy atom. The van der Waals surface area contributed by atoms with Gasteiger partial charge in [-0.1, -0.05) is 17.9 Å². The Labute approximate surface area is 135 Å². The summed E-state index contributed by atoms with van der Waals surface area (Å²) in [4.78, 5) is 22.8. The van der Waals surface area contributed by atoms with Gasteiger partial charge in [-0.25, -0.2) is 14.0 Å². The lowest BCUT2D eigenvalue weighted by atomic mass is 10.1. The number of esters is 1. The Morgan fingerprint density at radius 1 is 1.30 bits per heavy atom. The number of methoxy groups -OCH3 is 1. The molecule has 0 saturated carbocycles. The molecule has 23 heavy (non-hydrogen) atoms. The lowest BCUT2D eigenvalue weighted by molar-refractivity contribution is 0.0527. The number of carbonyl (C=O) groups is 2. The predicted octanol–water partition coefficient (Wildman–Crippen LogP) is 2.88. The zero-order chi connectivity index (χ0) is 17.5. The van der Waals surface area contributed by atoms with Gasteiger partial charge in [0.05, 0.1) is 18.2 Å². The molecule has 0 aliphatic rings. The molecule has 6 heteroatoms. The molecular formula is C17H20FNO4. The van der Waals surface area contributed by atoms with Crippen LogP contribution >= 0.6 is 0 Å². The maximum atomic E-state index is 14.0. The van der Waals surface area contributed by atoms with E-state index in [0.29, 0.717) is 6.42 Å². The van der Waals surface area contributed by atoms with E-state index < -0.39 is 23.5 Å². The summed E-state index contributed by atoms with van der Waals surface area (Å²) in [5.41, 5.74) is -0.621. The number of benzene rings is 1. The number of carbonyl (C=O) groups excluding carboxylic acids is 2. The van der Waals surface area contributed by atoms with Crippen LogP contribution in [0.5, 0.6) is 0 Å². The van der Waals surface area contributed by atoms with Gasteiger partial charge in [-0.3, -0.25) is 0 Å². The molecule has 1 N–H and O–H groups in total. The number of nitrogens with one attached hydrogen (secondary N) is 1. The minimum absolute atomic E-state index is 0.102. The first-order valence-electron chi connectivity index (χ1n) is 7.07. The molecule has 1 aromatic carbocycles. The third-order valence-electron chi connectivity index (χ3n) is 2.55. The van der Waals surface area contributed by atoms with Gasteiger partial charge in [0.15, 0.2) is 5.82 Å². The van der Waals surface area contributed by atoms with Crippen molar-refractivity contribution in [3.05, 3.63) is 35.1 Å². The number of halogens is 1. The van der Waals surface area contributed by atoms with Crippen LogP contribution in [-0.2, 0) is 9.47 Å². The van der Waals surface area contributed by atoms with Crippen molar-refractivity contribution in [3.63, 3.8) is 0 Å². The second kappa shape index (κ2) is 8.18. The van der Waals surface area contributed by atoms with Crippen molar-refractivity contribution >= 4 is 12.1 Å². The summed E-state index contributed by atoms with van der Waals surface area (Å²) in [6.45, 7) is 5.58. The van der Waals surface area contributed by atoms with Crippen LogP contribution in [-0.4, -0.2) is 31.3 Å². The van der Waals surface area contributed by atoms with Crippen molar-refractivity contribution in [3.8, 4) is 11.8 Å². The quantitative estimate of drug-likeness (QED) is 0.528. The molecule has 0 bridgehead atoms. The molecule has 0 fully saturated rings. The molecule has 0 unspecified atom stereocenters. The molecule has 1 rings (SSSR count). The molecule has 0 aromatic heterocycles. The smallest absolute Gasteiger partial charge is 0.407 e. The molecular weight excluding hydrogens is 301 g/mol. The summed E-state index contributed by atoms with van der Waals surface area (Å²) < 4.78 is 23.6. The van der Waals surface area contributed by atoms with E-state index in [9.17, 15) is 14.0 Å². The van der Waals surface area contributed by atoms with E-state index in [0.717, 1.165) is 0 Å². The topological polar surface area (TPSA) is 64.6 Å². The number of alkyl carbamates (subject to hydrolysis) is 1. The highest BCUT2D eigenvalue weighted by molar-refractivity contribution is 5.90. The van der Waals surface area contributed by atoms with Gasteiger partial charge >= 0.3 is 12.1 Å². The minimum atomic E-state index is -0.752. The van der Waals surface area contributed by atoms with Crippen molar-refractivity contribution in [1.29, 1.82) is 0 Å². The summed E-state index contributed by atoms with van der Waals surface area (Å²) >= 11 is 0. The van der Waals surface area contributed by atoms with E-state index in [1.165, 1.54) is 25.3 Å². The Balaban J connectivity index is 2.58. The summed E-state index contributed by atoms with van der Waals surface area (Å²) in [5, 5.41) is 2.55. The molecule has 124 valence electrons. The summed E-state index contributed by atoms with van der Waals surface area (Å²) in [5.74, 6) is 3.89. The van der Waals surface area contributed by atoms with Crippen molar-refractivity contribution < 1.29 is 23.5 Å². The highest BCUT2D eigenvalue weighted by Gasteiger charge is 2.15. The zero-order valence-electron chi connectivity index (χ0n) is 13.7. The van der Waals surface area contributed by atoms with Gasteiger partial charge in [-0.05, 0) is 32.9 Å². The van der Waals surface area contributed by atoms with Gasteiger partial charge in [0.25, 0.3) is 0 Å². The van der Waals surface area contributed by atoms with Gasteiger partial charge in [-0.15, -0.1) is 0 Å². The molecule has 0 spiro atoms. The number of rotatable bonds is 3. The van der Waals surface area contributed by atoms with E-state index in [4.69, 9.17) is 4.74 Å². The summed E-state index contributed by atoms with van der Waals surface area (Å²) in [6.07, 6.45) is -0.209. The fraction of sp³-hybridized carbons (Fsp3) is 0.412. The van der Waals surface area contributed by atoms with Gasteiger partial charge < -0.3 is 14.8 Å². The highest BCUT2D eigenvalue weighted by Crippen LogP contribution is 2.13. The maximum absolute atomic E-state index is 14.0. The van der Waals surface area contributed by atoms with E-state index >= 15 is 0 Å². The van der Waals surface area contributed by atoms with Crippen molar-refractivity contribution in [2.75, 3.05) is 13.7 Å². The fourth-order valence-corrected chi connectivity index (χ4v) is 1.60. The number of ether oxygens (including phenoxy) is 2. The SMILES string of the molecule is COC(=O)c1cccc(C#CCCNC(=O)OC(C)(C)C)c1F. The average molecular weight is 321 g/mol. The zero-order valence-corrected chi connectivity index (χ0v) is 13.7. The van der Waals surface area contributed by atoms with Crippen molar-refractivity contribution in [1.82, 2.24) is 5.32 Å². The molecule has 1 aromatic rings. The molecule has 0 aliphatic carbocycles. The molecule has 0 aliphatic heterocycles. The lowest BCUT2D eigenvalue weighted by Gasteiger charge is -2.19. The predicted molar refractivity (Wildman–Crippen MR) is 83.5 cm³/mol. The van der Waals surface area contributed by atoms with Gasteiger partial charge in [-0.2, -0.15) is 0 Å². The Bertz CT molecular complexity index is 638. The van der Waals surface area contributed by atoms with Crippen LogP contribution in [0.25, 0.3) is 0 Å². The van der Waals surface area contributed by atoms with Crippen LogP contribution < -0.4 is 5.32 Å². The fourth-order valence-electron chi connectivity index (χ4n) is 1.60. The molecule has 0 saturated heterocycles. The second-order valence-electron chi connectivity index (χ2n) is 5.64. The Kier molecular flexibility index (Phi) is 6.58. The first-order valence-corrected chi connectivity index (χ1v) is 7.07. The third-order valence-corrected chi connectivity index (χ3v) is 2.55. The Hall–Kier alpha value is -2.55. The van der Waals surface area contributed by atoms with Crippen LogP contribution in [0.4, 0.5) is 9.18 Å². The van der Waals surface area contributed by atoms with E-state index in [2.05, 4.69) is 21.9 Å². The standard InChI is InChI=1S/C17H20FNO4/c1-17(2,3)23-16(21)19-11-6-5-8-12-9-7-10-13(14(12)18)15(20)22-4/h7,9-10H,6,11H2,1-4H3,(H,19,21). The number of hydrogen-bond donors (Lipinski definition) is 1. The van der Waals surface area contributed by atoms with Gasteiger partial charge in [0.2, 0.25) is 0 Å². The summed E-state index contributed by atoms with van der Waals surface area (Å²) in [7, 11) is 1.18. The molecule has 0 atom stereocenters. The first kappa shape index (κ1) is 18.5. The van der Waals surface area contributed by atoms with Crippen LogP contribution in [0.15, 0.2) is 18.2 Å². The lowest BCUT2D eigenvalue weighted by Crippen LogP contribution is -2.32. The highest BCUT2D eigenvalue weighted by atomic mass is 19.1. The van der Waals surface area contributed by atoms with Gasteiger partial charge in [0.1, 0.15) is 5.60 Å². The normalized spacial score (nSPS) is 10.3. The van der Waals surface area contributed by atoms with Crippen molar-refractivity contribution in [2.45, 2.75) is 32.8 Å². The number of amides is 1. The second-order valence-corrected chi connectivity index (χ2v) is 5.64. The van der Waals surface area contributed by atoms with Crippen LogP contribution in [0.2, 0.25) is 0 Å². The molecule has 0 radical (unpaired) electrons. The average Bonchev–Trinajstić information content (AvgIpc) is 2.46.